The summed E-state index contributed by atoms with van der Waals surface area (Å²) in [6.07, 6.45) is 1.52. The molecule has 1 aromatic heterocycles. The Bertz CT molecular complexity index is 505. The third-order valence-electron chi connectivity index (χ3n) is 2.13. The molecule has 0 spiro atoms. The first-order valence-corrected chi connectivity index (χ1v) is 3.92. The molecule has 0 saturated heterocycles. The van der Waals surface area contributed by atoms with Gasteiger partial charge < -0.3 is 0 Å². The van der Waals surface area contributed by atoms with Gasteiger partial charge in [0.15, 0.2) is 0 Å². The van der Waals surface area contributed by atoms with Crippen molar-refractivity contribution in [2.45, 2.75) is 6.92 Å². The standard InChI is InChI=1S/C9H12N2O2/c1-5-7-8(12)10(3)6(2)11(4)9(7)13/h5H,2H2,1,3-4H3. The van der Waals surface area contributed by atoms with Gasteiger partial charge in [-0.1, -0.05) is 12.7 Å². The van der Waals surface area contributed by atoms with Crippen LogP contribution in [0.4, 0.5) is 0 Å². The van der Waals surface area contributed by atoms with E-state index >= 15 is 0 Å². The van der Waals surface area contributed by atoms with Gasteiger partial charge in [0, 0.05) is 14.1 Å². The normalized spacial score (nSPS) is 10.1. The van der Waals surface area contributed by atoms with Crippen molar-refractivity contribution in [2.75, 3.05) is 0 Å². The van der Waals surface area contributed by atoms with Gasteiger partial charge in [-0.2, -0.15) is 0 Å². The van der Waals surface area contributed by atoms with Crippen LogP contribution >= 0.6 is 0 Å². The minimum absolute atomic E-state index is 0.192. The highest BCUT2D eigenvalue weighted by Gasteiger charge is 2.01. The zero-order valence-corrected chi connectivity index (χ0v) is 8.00. The van der Waals surface area contributed by atoms with Crippen molar-refractivity contribution >= 4 is 12.7 Å². The lowest BCUT2D eigenvalue weighted by Gasteiger charge is -2.02. The second-order valence-electron chi connectivity index (χ2n) is 2.85. The summed E-state index contributed by atoms with van der Waals surface area (Å²) in [5, 5.41) is 0.192. The lowest BCUT2D eigenvalue weighted by Crippen LogP contribution is -2.56. The Morgan fingerprint density at radius 2 is 1.54 bits per heavy atom. The molecule has 0 saturated carbocycles. The Kier molecular flexibility index (Phi) is 2.23. The van der Waals surface area contributed by atoms with Gasteiger partial charge in [0.25, 0.3) is 11.1 Å². The summed E-state index contributed by atoms with van der Waals surface area (Å²) in [6, 6.07) is 0. The number of hydrogen-bond acceptors (Lipinski definition) is 2. The molecule has 0 atom stereocenters. The molecule has 0 N–H and O–H groups in total. The van der Waals surface area contributed by atoms with Gasteiger partial charge in [-0.15, -0.1) is 0 Å². The molecular weight excluding hydrogens is 168 g/mol. The van der Waals surface area contributed by atoms with E-state index in [9.17, 15) is 9.59 Å². The summed E-state index contributed by atoms with van der Waals surface area (Å²) in [4.78, 5) is 22.9. The molecule has 0 fully saturated rings. The second-order valence-corrected chi connectivity index (χ2v) is 2.85. The van der Waals surface area contributed by atoms with E-state index in [1.807, 2.05) is 0 Å². The average molecular weight is 180 g/mol. The lowest BCUT2D eigenvalue weighted by molar-refractivity contribution is 0.665. The second kappa shape index (κ2) is 3.05. The molecule has 0 aliphatic rings. The minimum Gasteiger partial charge on any atom is -0.298 e. The third-order valence-corrected chi connectivity index (χ3v) is 2.13. The maximum Gasteiger partial charge on any atom is 0.264 e. The highest BCUT2D eigenvalue weighted by molar-refractivity contribution is 5.16. The first-order chi connectivity index (χ1) is 6.00. The molecule has 0 aliphatic heterocycles. The Balaban J connectivity index is 4.15. The smallest absolute Gasteiger partial charge is 0.264 e. The Labute approximate surface area is 75.1 Å². The van der Waals surface area contributed by atoms with Gasteiger partial charge in [-0.3, -0.25) is 18.7 Å². The molecule has 1 aromatic rings. The molecule has 1 rings (SSSR count). The van der Waals surface area contributed by atoms with E-state index in [2.05, 4.69) is 6.58 Å². The maximum atomic E-state index is 11.5. The molecule has 70 valence electrons. The molecular formula is C9H12N2O2. The summed E-state index contributed by atoms with van der Waals surface area (Å²) in [5.74, 6) is 0. The van der Waals surface area contributed by atoms with E-state index in [-0.39, 0.29) is 16.3 Å². The molecule has 0 aliphatic carbocycles. The SMILES string of the molecule is C=c1n(C)c(=O)c(=CC)c(=O)n1C. The Morgan fingerprint density at radius 3 is 1.85 bits per heavy atom. The summed E-state index contributed by atoms with van der Waals surface area (Å²) in [5.41, 5.74) is -0.188. The van der Waals surface area contributed by atoms with Crippen LogP contribution in [-0.4, -0.2) is 9.13 Å². The van der Waals surface area contributed by atoms with Crippen LogP contribution < -0.4 is 21.8 Å². The molecule has 0 amide bonds. The van der Waals surface area contributed by atoms with E-state index in [0.29, 0.717) is 5.48 Å². The van der Waals surface area contributed by atoms with E-state index in [1.165, 1.54) is 15.2 Å². The van der Waals surface area contributed by atoms with Crippen molar-refractivity contribution in [1.29, 1.82) is 0 Å². The monoisotopic (exact) mass is 180 g/mol. The highest BCUT2D eigenvalue weighted by Crippen LogP contribution is 1.56. The van der Waals surface area contributed by atoms with Gasteiger partial charge in [-0.25, -0.2) is 0 Å². The summed E-state index contributed by atoms with van der Waals surface area (Å²) < 4.78 is 2.72. The van der Waals surface area contributed by atoms with Crippen molar-refractivity contribution in [2.24, 2.45) is 14.1 Å². The number of rotatable bonds is 0. The number of aromatic nitrogens is 2. The predicted molar refractivity (Wildman–Crippen MR) is 51.8 cm³/mol. The van der Waals surface area contributed by atoms with Gasteiger partial charge in [0.2, 0.25) is 0 Å². The first kappa shape index (κ1) is 9.51. The van der Waals surface area contributed by atoms with Crippen molar-refractivity contribution < 1.29 is 0 Å². The molecule has 0 bridgehead atoms. The number of hydrogen-bond donors (Lipinski definition) is 0. The van der Waals surface area contributed by atoms with Crippen molar-refractivity contribution in [1.82, 2.24) is 9.13 Å². The van der Waals surface area contributed by atoms with Crippen LogP contribution in [0.5, 0.6) is 0 Å². The Hall–Kier alpha value is -1.58. The first-order valence-electron chi connectivity index (χ1n) is 3.92. The van der Waals surface area contributed by atoms with Crippen molar-refractivity contribution in [3.8, 4) is 0 Å². The largest absolute Gasteiger partial charge is 0.298 e. The van der Waals surface area contributed by atoms with Crippen LogP contribution in [0.1, 0.15) is 6.92 Å². The maximum absolute atomic E-state index is 11.5. The van der Waals surface area contributed by atoms with Crippen LogP contribution in [0.3, 0.4) is 0 Å². The summed E-state index contributed by atoms with van der Waals surface area (Å²) >= 11 is 0. The Morgan fingerprint density at radius 1 is 1.15 bits per heavy atom. The van der Waals surface area contributed by atoms with Gasteiger partial charge in [-0.05, 0) is 6.92 Å². The zero-order valence-electron chi connectivity index (χ0n) is 8.00. The van der Waals surface area contributed by atoms with E-state index in [0.717, 1.165) is 0 Å². The fourth-order valence-electron chi connectivity index (χ4n) is 1.16. The molecule has 4 heteroatoms. The van der Waals surface area contributed by atoms with Gasteiger partial charge in [0.1, 0.15) is 10.7 Å². The molecule has 0 aromatic carbocycles. The fraction of sp³-hybridized carbons (Fsp3) is 0.333. The molecule has 0 unspecified atom stereocenters. The van der Waals surface area contributed by atoms with Crippen molar-refractivity contribution in [3.63, 3.8) is 0 Å². The predicted octanol–water partition coefficient (Wildman–Crippen LogP) is -1.71. The molecule has 13 heavy (non-hydrogen) atoms. The summed E-state index contributed by atoms with van der Waals surface area (Å²) in [7, 11) is 3.19. The van der Waals surface area contributed by atoms with Gasteiger partial charge in [0.05, 0.1) is 0 Å². The molecule has 1 heterocycles. The topological polar surface area (TPSA) is 44.0 Å². The average Bonchev–Trinajstić information content (AvgIpc) is 2.13. The zero-order chi connectivity index (χ0) is 10.2. The van der Waals surface area contributed by atoms with Gasteiger partial charge >= 0.3 is 0 Å². The quantitative estimate of drug-likeness (QED) is 0.477. The molecule has 4 nitrogen and oxygen atoms in total. The van der Waals surface area contributed by atoms with Crippen molar-refractivity contribution in [3.05, 3.63) is 31.4 Å². The van der Waals surface area contributed by atoms with Crippen LogP contribution in [0.2, 0.25) is 0 Å². The third kappa shape index (κ3) is 1.24. The fourth-order valence-corrected chi connectivity index (χ4v) is 1.16. The van der Waals surface area contributed by atoms with E-state index in [4.69, 9.17) is 0 Å². The van der Waals surface area contributed by atoms with Crippen LogP contribution in [-0.2, 0) is 14.1 Å². The van der Waals surface area contributed by atoms with Crippen LogP contribution in [0, 0.1) is 0 Å². The number of nitrogens with zero attached hydrogens (tertiary/aromatic N) is 2. The van der Waals surface area contributed by atoms with E-state index < -0.39 is 0 Å². The molecule has 0 radical (unpaired) electrons. The lowest BCUT2D eigenvalue weighted by atomic mass is 10.4. The summed E-state index contributed by atoms with van der Waals surface area (Å²) in [6.45, 7) is 5.30. The highest BCUT2D eigenvalue weighted by atomic mass is 16.1. The van der Waals surface area contributed by atoms with E-state index in [1.54, 1.807) is 21.0 Å². The van der Waals surface area contributed by atoms with Crippen LogP contribution in [0.15, 0.2) is 9.59 Å². The minimum atomic E-state index is -0.296. The van der Waals surface area contributed by atoms with Crippen LogP contribution in [0.25, 0.3) is 12.7 Å².